The Morgan fingerprint density at radius 3 is 3.00 bits per heavy atom. The van der Waals surface area contributed by atoms with E-state index in [4.69, 9.17) is 22.1 Å². The Kier molecular flexibility index (Phi) is 5.24. The predicted octanol–water partition coefficient (Wildman–Crippen LogP) is 2.51. The monoisotopic (exact) mass is 279 g/mol. The van der Waals surface area contributed by atoms with E-state index in [2.05, 4.69) is 4.98 Å². The van der Waals surface area contributed by atoms with Crippen molar-refractivity contribution in [1.82, 2.24) is 9.55 Å². The van der Waals surface area contributed by atoms with Crippen molar-refractivity contribution in [2.45, 2.75) is 19.4 Å². The fourth-order valence-corrected chi connectivity index (χ4v) is 2.17. The Balaban J connectivity index is 1.86. The number of aryl methyl sites for hydroxylation is 1. The first kappa shape index (κ1) is 13.9. The highest BCUT2D eigenvalue weighted by Gasteiger charge is 2.07. The van der Waals surface area contributed by atoms with E-state index in [1.54, 1.807) is 12.5 Å². The molecular weight excluding hydrogens is 262 g/mol. The Bertz CT molecular complexity index is 499. The predicted molar refractivity (Wildman–Crippen MR) is 76.5 cm³/mol. The van der Waals surface area contributed by atoms with Crippen LogP contribution in [0.1, 0.15) is 12.0 Å². The summed E-state index contributed by atoms with van der Waals surface area (Å²) in [6.45, 7) is 2.11. The van der Waals surface area contributed by atoms with Gasteiger partial charge in [-0.3, -0.25) is 0 Å². The number of benzene rings is 1. The fraction of sp³-hybridized carbons (Fsp3) is 0.357. The third kappa shape index (κ3) is 3.98. The van der Waals surface area contributed by atoms with Crippen LogP contribution in [0.15, 0.2) is 36.9 Å². The lowest BCUT2D eigenvalue weighted by atomic mass is 10.1. The lowest BCUT2D eigenvalue weighted by Crippen LogP contribution is -2.08. The smallest absolute Gasteiger partial charge is 0.124 e. The summed E-state index contributed by atoms with van der Waals surface area (Å²) in [5.41, 5.74) is 6.59. The number of rotatable bonds is 7. The van der Waals surface area contributed by atoms with Gasteiger partial charge < -0.3 is 15.0 Å². The minimum absolute atomic E-state index is 0.565. The van der Waals surface area contributed by atoms with Gasteiger partial charge in [-0.15, -0.1) is 0 Å². The molecule has 0 radical (unpaired) electrons. The van der Waals surface area contributed by atoms with Crippen LogP contribution in [-0.2, 0) is 13.0 Å². The molecule has 0 saturated carbocycles. The van der Waals surface area contributed by atoms with E-state index in [0.717, 1.165) is 35.7 Å². The van der Waals surface area contributed by atoms with Gasteiger partial charge in [0.05, 0.1) is 12.9 Å². The van der Waals surface area contributed by atoms with Crippen molar-refractivity contribution >= 4 is 11.6 Å². The number of halogens is 1. The molecule has 0 fully saturated rings. The third-order valence-corrected chi connectivity index (χ3v) is 3.20. The van der Waals surface area contributed by atoms with E-state index in [1.165, 1.54) is 0 Å². The topological polar surface area (TPSA) is 53.1 Å². The van der Waals surface area contributed by atoms with Crippen molar-refractivity contribution in [3.05, 3.63) is 47.5 Å². The van der Waals surface area contributed by atoms with Gasteiger partial charge in [-0.2, -0.15) is 0 Å². The molecule has 19 heavy (non-hydrogen) atoms. The zero-order chi connectivity index (χ0) is 13.5. The van der Waals surface area contributed by atoms with Crippen molar-refractivity contribution in [3.8, 4) is 5.75 Å². The Labute approximate surface area is 118 Å². The van der Waals surface area contributed by atoms with Crippen molar-refractivity contribution in [2.75, 3.05) is 13.2 Å². The maximum Gasteiger partial charge on any atom is 0.124 e. The van der Waals surface area contributed by atoms with Gasteiger partial charge in [0.1, 0.15) is 5.75 Å². The second kappa shape index (κ2) is 7.16. The molecule has 0 amide bonds. The summed E-state index contributed by atoms with van der Waals surface area (Å²) in [7, 11) is 0. The fourth-order valence-electron chi connectivity index (χ4n) is 1.91. The molecule has 0 aliphatic carbocycles. The zero-order valence-electron chi connectivity index (χ0n) is 10.8. The SMILES string of the molecule is NCCc1c(Cl)cccc1OCCCn1ccnc1. The molecule has 0 spiro atoms. The summed E-state index contributed by atoms with van der Waals surface area (Å²) in [6.07, 6.45) is 7.18. The van der Waals surface area contributed by atoms with Gasteiger partial charge in [0, 0.05) is 29.5 Å². The van der Waals surface area contributed by atoms with E-state index >= 15 is 0 Å². The minimum Gasteiger partial charge on any atom is -0.493 e. The molecule has 1 heterocycles. The Morgan fingerprint density at radius 1 is 1.37 bits per heavy atom. The summed E-state index contributed by atoms with van der Waals surface area (Å²) >= 11 is 6.15. The standard InChI is InChI=1S/C14H18ClN3O/c15-13-3-1-4-14(12(13)5-6-16)19-10-2-8-18-9-7-17-11-18/h1,3-4,7,9,11H,2,5-6,8,10,16H2. The number of nitrogens with two attached hydrogens (primary N) is 1. The highest BCUT2D eigenvalue weighted by molar-refractivity contribution is 6.31. The average Bonchev–Trinajstić information content (AvgIpc) is 2.91. The van der Waals surface area contributed by atoms with Crippen LogP contribution < -0.4 is 10.5 Å². The van der Waals surface area contributed by atoms with Gasteiger partial charge in [0.2, 0.25) is 0 Å². The van der Waals surface area contributed by atoms with Crippen LogP contribution in [0, 0.1) is 0 Å². The minimum atomic E-state index is 0.565. The van der Waals surface area contributed by atoms with E-state index < -0.39 is 0 Å². The molecule has 0 saturated heterocycles. The number of ether oxygens (including phenoxy) is 1. The van der Waals surface area contributed by atoms with Crippen LogP contribution in [0.2, 0.25) is 5.02 Å². The van der Waals surface area contributed by atoms with Crippen LogP contribution in [0.4, 0.5) is 0 Å². The summed E-state index contributed by atoms with van der Waals surface area (Å²) in [6, 6.07) is 5.70. The van der Waals surface area contributed by atoms with Crippen LogP contribution in [0.5, 0.6) is 5.75 Å². The molecule has 5 heteroatoms. The molecule has 1 aromatic carbocycles. The molecule has 0 atom stereocenters. The molecule has 0 bridgehead atoms. The van der Waals surface area contributed by atoms with Gasteiger partial charge in [-0.25, -0.2) is 4.98 Å². The normalized spacial score (nSPS) is 10.6. The molecule has 0 unspecified atom stereocenters. The first-order valence-electron chi connectivity index (χ1n) is 6.37. The number of aromatic nitrogens is 2. The highest BCUT2D eigenvalue weighted by atomic mass is 35.5. The molecule has 4 nitrogen and oxygen atoms in total. The second-order valence-electron chi connectivity index (χ2n) is 4.26. The number of nitrogens with zero attached hydrogens (tertiary/aromatic N) is 2. The average molecular weight is 280 g/mol. The second-order valence-corrected chi connectivity index (χ2v) is 4.66. The maximum absolute atomic E-state index is 6.15. The number of imidazole rings is 1. The summed E-state index contributed by atoms with van der Waals surface area (Å²) < 4.78 is 7.82. The molecule has 2 N–H and O–H groups in total. The van der Waals surface area contributed by atoms with Crippen molar-refractivity contribution in [3.63, 3.8) is 0 Å². The molecule has 2 rings (SSSR count). The lowest BCUT2D eigenvalue weighted by Gasteiger charge is -2.12. The molecular formula is C14H18ClN3O. The molecule has 1 aromatic heterocycles. The van der Waals surface area contributed by atoms with Crippen LogP contribution in [-0.4, -0.2) is 22.7 Å². The van der Waals surface area contributed by atoms with E-state index in [9.17, 15) is 0 Å². The molecule has 2 aromatic rings. The Morgan fingerprint density at radius 2 is 2.26 bits per heavy atom. The number of hydrogen-bond donors (Lipinski definition) is 1. The van der Waals surface area contributed by atoms with Crippen molar-refractivity contribution < 1.29 is 4.74 Å². The van der Waals surface area contributed by atoms with E-state index in [0.29, 0.717) is 13.2 Å². The molecule has 102 valence electrons. The van der Waals surface area contributed by atoms with Crippen LogP contribution in [0.25, 0.3) is 0 Å². The van der Waals surface area contributed by atoms with Crippen molar-refractivity contribution in [2.24, 2.45) is 5.73 Å². The molecule has 0 aliphatic rings. The van der Waals surface area contributed by atoms with Gasteiger partial charge in [-0.1, -0.05) is 17.7 Å². The Hall–Kier alpha value is -1.52. The van der Waals surface area contributed by atoms with E-state index in [1.807, 2.05) is 29.0 Å². The molecule has 0 aliphatic heterocycles. The highest BCUT2D eigenvalue weighted by Crippen LogP contribution is 2.26. The first-order chi connectivity index (χ1) is 9.31. The van der Waals surface area contributed by atoms with E-state index in [-0.39, 0.29) is 0 Å². The van der Waals surface area contributed by atoms with Crippen LogP contribution >= 0.6 is 11.6 Å². The van der Waals surface area contributed by atoms with Gasteiger partial charge in [-0.05, 0) is 31.5 Å². The van der Waals surface area contributed by atoms with Crippen LogP contribution in [0.3, 0.4) is 0 Å². The summed E-state index contributed by atoms with van der Waals surface area (Å²) in [4.78, 5) is 4.00. The largest absolute Gasteiger partial charge is 0.493 e. The maximum atomic E-state index is 6.15. The van der Waals surface area contributed by atoms with Gasteiger partial charge in [0.25, 0.3) is 0 Å². The summed E-state index contributed by atoms with van der Waals surface area (Å²) in [5.74, 6) is 0.837. The number of hydrogen-bond acceptors (Lipinski definition) is 3. The first-order valence-corrected chi connectivity index (χ1v) is 6.75. The third-order valence-electron chi connectivity index (χ3n) is 2.85. The summed E-state index contributed by atoms with van der Waals surface area (Å²) in [5, 5.41) is 0.720. The quantitative estimate of drug-likeness (QED) is 0.793. The van der Waals surface area contributed by atoms with Crippen molar-refractivity contribution in [1.29, 1.82) is 0 Å². The van der Waals surface area contributed by atoms with Gasteiger partial charge in [0.15, 0.2) is 0 Å². The van der Waals surface area contributed by atoms with Gasteiger partial charge >= 0.3 is 0 Å². The lowest BCUT2D eigenvalue weighted by molar-refractivity contribution is 0.299. The zero-order valence-corrected chi connectivity index (χ0v) is 11.5.